The number of ether oxygens (including phenoxy) is 1. The molecular weight excluding hydrogens is 360 g/mol. The highest BCUT2D eigenvalue weighted by Crippen LogP contribution is 2.36. The topological polar surface area (TPSA) is 24.5 Å². The third kappa shape index (κ3) is 3.19. The Morgan fingerprint density at radius 2 is 2.11 bits per heavy atom. The van der Waals surface area contributed by atoms with Crippen LogP contribution in [0.15, 0.2) is 21.1 Å². The van der Waals surface area contributed by atoms with Gasteiger partial charge in [-0.25, -0.2) is 0 Å². The van der Waals surface area contributed by atoms with Crippen LogP contribution < -0.4 is 15.0 Å². The van der Waals surface area contributed by atoms with Gasteiger partial charge in [-0.3, -0.25) is 0 Å². The number of methoxy groups -OCH3 is 1. The molecule has 1 aromatic rings. The van der Waals surface area contributed by atoms with Gasteiger partial charge < -0.3 is 15.0 Å². The summed E-state index contributed by atoms with van der Waals surface area (Å²) < 4.78 is 7.45. The largest absolute Gasteiger partial charge is 0.495 e. The Morgan fingerprint density at radius 1 is 1.33 bits per heavy atom. The minimum absolute atomic E-state index is 0.508. The van der Waals surface area contributed by atoms with Crippen LogP contribution in [0.1, 0.15) is 13.3 Å². The molecule has 5 heteroatoms. The maximum Gasteiger partial charge on any atom is 0.135 e. The molecule has 1 heterocycles. The number of hydrogen-bond acceptors (Lipinski definition) is 3. The van der Waals surface area contributed by atoms with Crippen LogP contribution >= 0.6 is 31.9 Å². The van der Waals surface area contributed by atoms with Crippen LogP contribution in [0.2, 0.25) is 0 Å². The van der Waals surface area contributed by atoms with Crippen molar-refractivity contribution in [3.63, 3.8) is 0 Å². The zero-order valence-corrected chi connectivity index (χ0v) is 13.8. The summed E-state index contributed by atoms with van der Waals surface area (Å²) in [5.41, 5.74) is 1.20. The summed E-state index contributed by atoms with van der Waals surface area (Å²) in [6, 6.07) is 4.65. The van der Waals surface area contributed by atoms with Crippen molar-refractivity contribution in [1.29, 1.82) is 0 Å². The van der Waals surface area contributed by atoms with E-state index in [0.29, 0.717) is 6.04 Å². The van der Waals surface area contributed by atoms with Gasteiger partial charge in [-0.15, -0.1) is 0 Å². The lowest BCUT2D eigenvalue weighted by molar-refractivity contribution is 0.412. The molecule has 0 amide bonds. The van der Waals surface area contributed by atoms with Gasteiger partial charge in [0.2, 0.25) is 0 Å². The Hall–Kier alpha value is -0.260. The molecule has 1 fully saturated rings. The summed E-state index contributed by atoms with van der Waals surface area (Å²) in [6.07, 6.45) is 1.16. The average molecular weight is 378 g/mol. The second kappa shape index (κ2) is 6.26. The lowest BCUT2D eigenvalue weighted by atomic mass is 10.2. The maximum absolute atomic E-state index is 5.38. The summed E-state index contributed by atoms with van der Waals surface area (Å²) in [6.45, 7) is 5.40. The van der Waals surface area contributed by atoms with Crippen molar-refractivity contribution in [2.24, 2.45) is 0 Å². The summed E-state index contributed by atoms with van der Waals surface area (Å²) in [4.78, 5) is 2.41. The molecule has 0 aromatic heterocycles. The van der Waals surface area contributed by atoms with Crippen molar-refractivity contribution in [1.82, 2.24) is 5.32 Å². The lowest BCUT2D eigenvalue weighted by Crippen LogP contribution is -2.35. The smallest absolute Gasteiger partial charge is 0.135 e. The van der Waals surface area contributed by atoms with Crippen LogP contribution in [-0.4, -0.2) is 32.8 Å². The van der Waals surface area contributed by atoms with Crippen molar-refractivity contribution in [3.8, 4) is 5.75 Å². The molecule has 3 nitrogen and oxygen atoms in total. The molecule has 100 valence electrons. The molecule has 0 radical (unpaired) electrons. The summed E-state index contributed by atoms with van der Waals surface area (Å²) in [5.74, 6) is 0.873. The molecule has 2 rings (SSSR count). The van der Waals surface area contributed by atoms with Crippen LogP contribution in [0.25, 0.3) is 0 Å². The van der Waals surface area contributed by atoms with Crippen molar-refractivity contribution in [2.45, 2.75) is 19.4 Å². The Bertz CT molecular complexity index is 426. The first-order chi connectivity index (χ1) is 8.61. The fraction of sp³-hybridized carbons (Fsp3) is 0.538. The average Bonchev–Trinajstić information content (AvgIpc) is 2.54. The molecule has 1 atom stereocenters. The number of anilines is 1. The molecule has 0 bridgehead atoms. The Balaban J connectivity index is 2.30. The number of nitrogens with one attached hydrogen (secondary N) is 1. The first-order valence-corrected chi connectivity index (χ1v) is 7.71. The lowest BCUT2D eigenvalue weighted by Gasteiger charge is -2.26. The van der Waals surface area contributed by atoms with Crippen LogP contribution in [0.3, 0.4) is 0 Å². The first kappa shape index (κ1) is 14.2. The second-order valence-corrected chi connectivity index (χ2v) is 6.30. The Kier molecular flexibility index (Phi) is 4.92. The predicted molar refractivity (Wildman–Crippen MR) is 82.7 cm³/mol. The van der Waals surface area contributed by atoms with E-state index < -0.39 is 0 Å². The van der Waals surface area contributed by atoms with Gasteiger partial charge in [-0.2, -0.15) is 0 Å². The molecule has 0 spiro atoms. The number of rotatable bonds is 2. The van der Waals surface area contributed by atoms with Gasteiger partial charge in [0.1, 0.15) is 5.75 Å². The molecule has 1 aromatic carbocycles. The highest BCUT2D eigenvalue weighted by molar-refractivity contribution is 9.11. The number of halogens is 2. The van der Waals surface area contributed by atoms with Crippen molar-refractivity contribution in [3.05, 3.63) is 21.1 Å². The molecule has 1 unspecified atom stereocenters. The fourth-order valence-corrected chi connectivity index (χ4v) is 3.65. The van der Waals surface area contributed by atoms with E-state index in [0.717, 1.165) is 40.8 Å². The summed E-state index contributed by atoms with van der Waals surface area (Å²) in [7, 11) is 1.70. The monoisotopic (exact) mass is 376 g/mol. The maximum atomic E-state index is 5.38. The summed E-state index contributed by atoms with van der Waals surface area (Å²) in [5, 5.41) is 3.51. The van der Waals surface area contributed by atoms with Gasteiger partial charge in [-0.1, -0.05) is 0 Å². The van der Waals surface area contributed by atoms with E-state index in [1.165, 1.54) is 5.69 Å². The molecule has 0 saturated carbocycles. The molecule has 1 N–H and O–H groups in total. The quantitative estimate of drug-likeness (QED) is 0.854. The van der Waals surface area contributed by atoms with Crippen LogP contribution in [-0.2, 0) is 0 Å². The molecule has 1 saturated heterocycles. The highest BCUT2D eigenvalue weighted by Gasteiger charge is 2.18. The van der Waals surface area contributed by atoms with Gasteiger partial charge in [-0.05, 0) is 57.8 Å². The van der Waals surface area contributed by atoms with E-state index in [4.69, 9.17) is 4.74 Å². The molecule has 0 aliphatic carbocycles. The predicted octanol–water partition coefficient (Wildman–Crippen LogP) is 3.41. The molecule has 1 aliphatic heterocycles. The number of hydrogen-bond donors (Lipinski definition) is 1. The van der Waals surface area contributed by atoms with Crippen LogP contribution in [0.4, 0.5) is 5.69 Å². The van der Waals surface area contributed by atoms with Gasteiger partial charge in [0.05, 0.1) is 17.3 Å². The van der Waals surface area contributed by atoms with Crippen molar-refractivity contribution < 1.29 is 4.74 Å². The number of benzene rings is 1. The number of nitrogens with zero attached hydrogens (tertiary/aromatic N) is 1. The highest BCUT2D eigenvalue weighted by atomic mass is 79.9. The zero-order valence-electron chi connectivity index (χ0n) is 10.7. The van der Waals surface area contributed by atoms with E-state index in [1.807, 2.05) is 0 Å². The second-order valence-electron chi connectivity index (χ2n) is 4.59. The summed E-state index contributed by atoms with van der Waals surface area (Å²) >= 11 is 7.15. The van der Waals surface area contributed by atoms with Gasteiger partial charge in [0.15, 0.2) is 0 Å². The van der Waals surface area contributed by atoms with Crippen molar-refractivity contribution in [2.75, 3.05) is 31.6 Å². The Morgan fingerprint density at radius 3 is 2.83 bits per heavy atom. The SMILES string of the molecule is COc1cc(N2CCCNC(C)C2)c(Br)cc1Br. The zero-order chi connectivity index (χ0) is 13.1. The van der Waals surface area contributed by atoms with Gasteiger partial charge in [0, 0.05) is 29.7 Å². The van der Waals surface area contributed by atoms with Crippen LogP contribution in [0, 0.1) is 0 Å². The van der Waals surface area contributed by atoms with Gasteiger partial charge >= 0.3 is 0 Å². The van der Waals surface area contributed by atoms with Crippen molar-refractivity contribution >= 4 is 37.5 Å². The third-order valence-electron chi connectivity index (χ3n) is 3.15. The molecular formula is C13H18Br2N2O. The third-order valence-corrected chi connectivity index (χ3v) is 4.41. The van der Waals surface area contributed by atoms with E-state index in [2.05, 4.69) is 61.1 Å². The minimum atomic E-state index is 0.508. The Labute approximate surface area is 125 Å². The van der Waals surface area contributed by atoms with Gasteiger partial charge in [0.25, 0.3) is 0 Å². The van der Waals surface area contributed by atoms with E-state index in [-0.39, 0.29) is 0 Å². The first-order valence-electron chi connectivity index (χ1n) is 6.13. The molecule has 18 heavy (non-hydrogen) atoms. The van der Waals surface area contributed by atoms with Crippen LogP contribution in [0.5, 0.6) is 5.75 Å². The minimum Gasteiger partial charge on any atom is -0.495 e. The normalized spacial score (nSPS) is 20.7. The molecule has 1 aliphatic rings. The van der Waals surface area contributed by atoms with E-state index in [9.17, 15) is 0 Å². The van der Waals surface area contributed by atoms with E-state index >= 15 is 0 Å². The van der Waals surface area contributed by atoms with E-state index in [1.54, 1.807) is 7.11 Å². The fourth-order valence-electron chi connectivity index (χ4n) is 2.24. The standard InChI is InChI=1S/C13H18Br2N2O/c1-9-8-17(5-3-4-16-9)12-7-13(18-2)11(15)6-10(12)14/h6-7,9,16H,3-5,8H2,1-2H3.